The van der Waals surface area contributed by atoms with E-state index in [4.69, 9.17) is 4.74 Å². The van der Waals surface area contributed by atoms with Crippen LogP contribution in [0.5, 0.6) is 0 Å². The van der Waals surface area contributed by atoms with Crippen molar-refractivity contribution < 1.29 is 13.5 Å². The van der Waals surface area contributed by atoms with E-state index in [1.807, 2.05) is 0 Å². The fourth-order valence-corrected chi connectivity index (χ4v) is 1.01. The Morgan fingerprint density at radius 1 is 1.38 bits per heavy atom. The van der Waals surface area contributed by atoms with Gasteiger partial charge in [-0.1, -0.05) is 6.07 Å². The minimum Gasteiger partial charge on any atom is -0.375 e. The minimum atomic E-state index is -0.559. The zero-order valence-electron chi connectivity index (χ0n) is 7.60. The molecule has 0 aliphatic heterocycles. The van der Waals surface area contributed by atoms with Crippen molar-refractivity contribution in [3.05, 3.63) is 41.5 Å². The van der Waals surface area contributed by atoms with Gasteiger partial charge in [0.1, 0.15) is 11.6 Å². The molecule has 3 heteroatoms. The van der Waals surface area contributed by atoms with E-state index < -0.39 is 11.6 Å². The van der Waals surface area contributed by atoms with E-state index in [1.165, 1.54) is 19.2 Å². The van der Waals surface area contributed by atoms with Gasteiger partial charge >= 0.3 is 0 Å². The molecule has 13 heavy (non-hydrogen) atoms. The molecule has 0 amide bonds. The first kappa shape index (κ1) is 10.1. The number of benzene rings is 1. The van der Waals surface area contributed by atoms with Crippen molar-refractivity contribution in [1.82, 2.24) is 0 Å². The van der Waals surface area contributed by atoms with Crippen LogP contribution in [0.3, 0.4) is 0 Å². The van der Waals surface area contributed by atoms with E-state index in [2.05, 4.69) is 0 Å². The van der Waals surface area contributed by atoms with Crippen molar-refractivity contribution >= 4 is 0 Å². The van der Waals surface area contributed by atoms with Crippen LogP contribution in [0, 0.1) is 17.7 Å². The lowest BCUT2D eigenvalue weighted by Crippen LogP contribution is -2.01. The average molecular weight is 185 g/mol. The first-order valence-corrected chi connectivity index (χ1v) is 3.94. The van der Waals surface area contributed by atoms with Gasteiger partial charge in [0.2, 0.25) is 0 Å². The predicted octanol–water partition coefficient (Wildman–Crippen LogP) is 2.71. The van der Waals surface area contributed by atoms with Crippen LogP contribution in [0.1, 0.15) is 12.5 Å². The van der Waals surface area contributed by atoms with Crippen LogP contribution < -0.4 is 0 Å². The fourth-order valence-electron chi connectivity index (χ4n) is 1.01. The second-order valence-corrected chi connectivity index (χ2v) is 2.82. The van der Waals surface area contributed by atoms with Crippen LogP contribution in [-0.4, -0.2) is 7.11 Å². The predicted molar refractivity (Wildman–Crippen MR) is 46.0 cm³/mol. The molecule has 0 saturated carbocycles. The van der Waals surface area contributed by atoms with Crippen LogP contribution in [0.25, 0.3) is 0 Å². The highest BCUT2D eigenvalue weighted by Crippen LogP contribution is 2.15. The molecule has 0 aromatic heterocycles. The average Bonchev–Trinajstić information content (AvgIpc) is 2.09. The van der Waals surface area contributed by atoms with Crippen LogP contribution in [0.2, 0.25) is 0 Å². The van der Waals surface area contributed by atoms with E-state index in [0.29, 0.717) is 18.1 Å². The van der Waals surface area contributed by atoms with Crippen LogP contribution in [-0.2, 0) is 11.2 Å². The maximum Gasteiger partial charge on any atom is 0.129 e. The first-order valence-electron chi connectivity index (χ1n) is 3.94. The maximum absolute atomic E-state index is 13.0. The molecule has 1 aromatic carbocycles. The summed E-state index contributed by atoms with van der Waals surface area (Å²) in [5.74, 6) is -1.09. The zero-order chi connectivity index (χ0) is 9.84. The molecular formula is C10H11F2O. The highest BCUT2D eigenvalue weighted by atomic mass is 19.1. The number of hydrogen-bond acceptors (Lipinski definition) is 1. The minimum absolute atomic E-state index is 0.378. The monoisotopic (exact) mass is 185 g/mol. The highest BCUT2D eigenvalue weighted by Gasteiger charge is 2.08. The summed E-state index contributed by atoms with van der Waals surface area (Å²) in [4.78, 5) is 0. The van der Waals surface area contributed by atoms with Gasteiger partial charge in [0.05, 0.1) is 6.10 Å². The zero-order valence-corrected chi connectivity index (χ0v) is 7.60. The largest absolute Gasteiger partial charge is 0.375 e. The van der Waals surface area contributed by atoms with Crippen molar-refractivity contribution in [2.45, 2.75) is 13.3 Å². The molecule has 1 nitrogen and oxygen atoms in total. The second kappa shape index (κ2) is 4.33. The summed E-state index contributed by atoms with van der Waals surface area (Å²) < 4.78 is 30.4. The van der Waals surface area contributed by atoms with Crippen LogP contribution in [0.15, 0.2) is 18.2 Å². The Labute approximate surface area is 76.3 Å². The summed E-state index contributed by atoms with van der Waals surface area (Å²) in [6, 6.07) is 3.53. The molecule has 0 aliphatic rings. The summed E-state index contributed by atoms with van der Waals surface area (Å²) in [7, 11) is 1.52. The lowest BCUT2D eigenvalue weighted by Gasteiger charge is -2.08. The first-order chi connectivity index (χ1) is 6.13. The number of methoxy groups -OCH3 is 1. The number of ether oxygens (including phenoxy) is 1. The fraction of sp³-hybridized carbons (Fsp3) is 0.300. The van der Waals surface area contributed by atoms with Gasteiger partial charge in [0.25, 0.3) is 0 Å². The van der Waals surface area contributed by atoms with E-state index >= 15 is 0 Å². The standard InChI is InChI=1S/C10H11F2O/c1-7(13-2)5-8-3-4-9(11)6-10(8)12/h3-4,6H,5H2,1-2H3. The van der Waals surface area contributed by atoms with Gasteiger partial charge in [0, 0.05) is 19.6 Å². The molecular weight excluding hydrogens is 174 g/mol. The molecule has 1 rings (SSSR count). The third-order valence-electron chi connectivity index (χ3n) is 1.80. The smallest absolute Gasteiger partial charge is 0.129 e. The van der Waals surface area contributed by atoms with E-state index in [9.17, 15) is 8.78 Å². The normalized spacial score (nSPS) is 10.8. The van der Waals surface area contributed by atoms with E-state index in [0.717, 1.165) is 6.07 Å². The summed E-state index contributed by atoms with van der Waals surface area (Å²) >= 11 is 0. The Kier molecular flexibility index (Phi) is 3.37. The number of halogens is 2. The highest BCUT2D eigenvalue weighted by molar-refractivity contribution is 5.20. The maximum atomic E-state index is 13.0. The van der Waals surface area contributed by atoms with Crippen LogP contribution >= 0.6 is 0 Å². The molecule has 0 heterocycles. The topological polar surface area (TPSA) is 9.23 Å². The van der Waals surface area contributed by atoms with Crippen molar-refractivity contribution in [2.75, 3.05) is 7.11 Å². The Hall–Kier alpha value is -0.960. The summed E-state index contributed by atoms with van der Waals surface area (Å²) in [6.45, 7) is 1.75. The van der Waals surface area contributed by atoms with Gasteiger partial charge in [-0.3, -0.25) is 0 Å². The number of hydrogen-bond donors (Lipinski definition) is 0. The molecule has 0 spiro atoms. The molecule has 0 N–H and O–H groups in total. The summed E-state index contributed by atoms with van der Waals surface area (Å²) in [6.07, 6.45) is 1.08. The van der Waals surface area contributed by atoms with Gasteiger partial charge < -0.3 is 4.74 Å². The third kappa shape index (κ3) is 2.77. The van der Waals surface area contributed by atoms with Crippen LogP contribution in [0.4, 0.5) is 8.78 Å². The Bertz CT molecular complexity index is 286. The molecule has 0 saturated heterocycles. The molecule has 0 unspecified atom stereocenters. The SMILES string of the molecule is CO[C](C)Cc1ccc(F)cc1F. The van der Waals surface area contributed by atoms with Crippen molar-refractivity contribution in [2.24, 2.45) is 0 Å². The Morgan fingerprint density at radius 2 is 2.08 bits per heavy atom. The molecule has 0 atom stereocenters. The molecule has 1 aromatic rings. The van der Waals surface area contributed by atoms with Gasteiger partial charge in [-0.05, 0) is 18.6 Å². The van der Waals surface area contributed by atoms with Gasteiger partial charge in [0.15, 0.2) is 0 Å². The van der Waals surface area contributed by atoms with Gasteiger partial charge in [-0.25, -0.2) is 8.78 Å². The van der Waals surface area contributed by atoms with E-state index in [1.54, 1.807) is 6.92 Å². The van der Waals surface area contributed by atoms with Gasteiger partial charge in [-0.15, -0.1) is 0 Å². The second-order valence-electron chi connectivity index (χ2n) is 2.82. The van der Waals surface area contributed by atoms with Crippen molar-refractivity contribution in [3.63, 3.8) is 0 Å². The van der Waals surface area contributed by atoms with E-state index in [-0.39, 0.29) is 0 Å². The lowest BCUT2D eigenvalue weighted by molar-refractivity contribution is 0.210. The molecule has 71 valence electrons. The van der Waals surface area contributed by atoms with Gasteiger partial charge in [-0.2, -0.15) is 0 Å². The molecule has 1 radical (unpaired) electrons. The molecule has 0 bridgehead atoms. The van der Waals surface area contributed by atoms with Crippen molar-refractivity contribution in [1.29, 1.82) is 0 Å². The Morgan fingerprint density at radius 3 is 2.62 bits per heavy atom. The Balaban J connectivity index is 2.77. The third-order valence-corrected chi connectivity index (χ3v) is 1.80. The molecule has 0 aliphatic carbocycles. The quantitative estimate of drug-likeness (QED) is 0.703. The number of rotatable bonds is 3. The summed E-state index contributed by atoms with van der Waals surface area (Å²) in [5, 5.41) is 0. The summed E-state index contributed by atoms with van der Waals surface area (Å²) in [5.41, 5.74) is 0.445. The molecule has 0 fully saturated rings. The van der Waals surface area contributed by atoms with Crippen molar-refractivity contribution in [3.8, 4) is 0 Å². The lowest BCUT2D eigenvalue weighted by atomic mass is 10.1.